The summed E-state index contributed by atoms with van der Waals surface area (Å²) in [4.78, 5) is 22.6. The molecule has 0 unspecified atom stereocenters. The predicted molar refractivity (Wildman–Crippen MR) is 56.6 cm³/mol. The van der Waals surface area contributed by atoms with E-state index >= 15 is 0 Å². The maximum Gasteiger partial charge on any atom is 0.248 e. The van der Waals surface area contributed by atoms with Gasteiger partial charge in [-0.15, -0.1) is 0 Å². The van der Waals surface area contributed by atoms with Gasteiger partial charge in [-0.1, -0.05) is 0 Å². The number of rotatable bonds is 1. The normalized spacial score (nSPS) is 17.1. The number of carbonyl (C=O) groups excluding carboxylic acids is 2. The summed E-state index contributed by atoms with van der Waals surface area (Å²) >= 11 is 0. The summed E-state index contributed by atoms with van der Waals surface area (Å²) in [6.07, 6.45) is 0. The van der Waals surface area contributed by atoms with Crippen LogP contribution in [0.15, 0.2) is 18.2 Å². The minimum absolute atomic E-state index is 0.0564. The summed E-state index contributed by atoms with van der Waals surface area (Å²) in [7, 11) is 0. The Morgan fingerprint density at radius 2 is 2.07 bits per heavy atom. The van der Waals surface area contributed by atoms with Crippen molar-refractivity contribution in [3.05, 3.63) is 29.3 Å². The molecule has 1 aromatic carbocycles. The van der Waals surface area contributed by atoms with Gasteiger partial charge < -0.3 is 11.1 Å². The number of benzene rings is 1. The van der Waals surface area contributed by atoms with Crippen LogP contribution in [0.25, 0.3) is 0 Å². The van der Waals surface area contributed by atoms with E-state index in [1.165, 1.54) is 0 Å². The second kappa shape index (κ2) is 2.82. The van der Waals surface area contributed by atoms with E-state index in [0.29, 0.717) is 5.56 Å². The Kier molecular flexibility index (Phi) is 1.83. The third-order valence-electron chi connectivity index (χ3n) is 2.79. The Hall–Kier alpha value is -1.84. The molecule has 3 N–H and O–H groups in total. The highest BCUT2D eigenvalue weighted by atomic mass is 16.2. The largest absolute Gasteiger partial charge is 0.366 e. The number of nitrogens with two attached hydrogens (primary N) is 1. The van der Waals surface area contributed by atoms with E-state index in [-0.39, 0.29) is 5.91 Å². The number of hydrogen-bond acceptors (Lipinski definition) is 2. The van der Waals surface area contributed by atoms with Gasteiger partial charge in [-0.2, -0.15) is 0 Å². The van der Waals surface area contributed by atoms with E-state index in [1.54, 1.807) is 18.2 Å². The van der Waals surface area contributed by atoms with Gasteiger partial charge in [0.2, 0.25) is 11.8 Å². The molecule has 1 heterocycles. The molecule has 0 aromatic heterocycles. The molecule has 1 aliphatic heterocycles. The number of carbonyl (C=O) groups is 2. The fourth-order valence-corrected chi connectivity index (χ4v) is 1.72. The molecule has 0 atom stereocenters. The standard InChI is InChI=1S/C11H12N2O2/c1-11(2)7-5-6(9(12)14)3-4-8(7)13-10(11)15/h3-5H,1-2H3,(H2,12,14)(H,13,15). The molecule has 4 nitrogen and oxygen atoms in total. The summed E-state index contributed by atoms with van der Waals surface area (Å²) in [5, 5.41) is 2.76. The van der Waals surface area contributed by atoms with Gasteiger partial charge in [-0.3, -0.25) is 9.59 Å². The second-order valence-corrected chi connectivity index (χ2v) is 4.20. The van der Waals surface area contributed by atoms with Crippen LogP contribution in [0.5, 0.6) is 0 Å². The monoisotopic (exact) mass is 204 g/mol. The molecule has 1 aromatic rings. The lowest BCUT2D eigenvalue weighted by Gasteiger charge is -2.15. The molecule has 15 heavy (non-hydrogen) atoms. The highest BCUT2D eigenvalue weighted by Gasteiger charge is 2.38. The molecule has 0 fully saturated rings. The first-order valence-electron chi connectivity index (χ1n) is 4.68. The van der Waals surface area contributed by atoms with Gasteiger partial charge in [0, 0.05) is 11.3 Å². The Labute approximate surface area is 87.5 Å². The van der Waals surface area contributed by atoms with Crippen molar-refractivity contribution in [2.45, 2.75) is 19.3 Å². The summed E-state index contributed by atoms with van der Waals surface area (Å²) in [5.74, 6) is -0.535. The van der Waals surface area contributed by atoms with Crippen LogP contribution in [0, 0.1) is 0 Å². The number of primary amides is 1. The molecule has 0 radical (unpaired) electrons. The van der Waals surface area contributed by atoms with Crippen LogP contribution in [-0.2, 0) is 10.2 Å². The zero-order valence-electron chi connectivity index (χ0n) is 8.63. The highest BCUT2D eigenvalue weighted by Crippen LogP contribution is 2.37. The molecule has 0 bridgehead atoms. The first kappa shape index (κ1) is 9.71. The molecule has 78 valence electrons. The van der Waals surface area contributed by atoms with Gasteiger partial charge in [0.25, 0.3) is 0 Å². The van der Waals surface area contributed by atoms with Gasteiger partial charge in [-0.25, -0.2) is 0 Å². The summed E-state index contributed by atoms with van der Waals surface area (Å²) in [6.45, 7) is 3.64. The van der Waals surface area contributed by atoms with Crippen LogP contribution in [0.4, 0.5) is 5.69 Å². The molecular formula is C11H12N2O2. The zero-order valence-corrected chi connectivity index (χ0v) is 8.63. The highest BCUT2D eigenvalue weighted by molar-refractivity contribution is 6.06. The molecule has 0 aliphatic carbocycles. The van der Waals surface area contributed by atoms with Gasteiger partial charge >= 0.3 is 0 Å². The van der Waals surface area contributed by atoms with E-state index in [1.807, 2.05) is 13.8 Å². The first-order chi connectivity index (χ1) is 6.93. The fraction of sp³-hybridized carbons (Fsp3) is 0.273. The Morgan fingerprint density at radius 1 is 1.40 bits per heavy atom. The van der Waals surface area contributed by atoms with Crippen LogP contribution in [0.1, 0.15) is 29.8 Å². The number of nitrogens with one attached hydrogen (secondary N) is 1. The fourth-order valence-electron chi connectivity index (χ4n) is 1.72. The van der Waals surface area contributed by atoms with E-state index in [2.05, 4.69) is 5.32 Å². The lowest BCUT2D eigenvalue weighted by atomic mass is 9.85. The lowest BCUT2D eigenvalue weighted by Crippen LogP contribution is -2.27. The van der Waals surface area contributed by atoms with Crippen LogP contribution < -0.4 is 11.1 Å². The van der Waals surface area contributed by atoms with Crippen LogP contribution in [-0.4, -0.2) is 11.8 Å². The number of anilines is 1. The molecular weight excluding hydrogens is 192 g/mol. The lowest BCUT2D eigenvalue weighted by molar-refractivity contribution is -0.119. The molecule has 2 rings (SSSR count). The van der Waals surface area contributed by atoms with E-state index in [0.717, 1.165) is 11.3 Å². The average Bonchev–Trinajstić information content (AvgIpc) is 2.38. The molecule has 0 saturated carbocycles. The second-order valence-electron chi connectivity index (χ2n) is 4.20. The van der Waals surface area contributed by atoms with Crippen molar-refractivity contribution in [2.24, 2.45) is 5.73 Å². The Morgan fingerprint density at radius 3 is 2.67 bits per heavy atom. The van der Waals surface area contributed by atoms with Crippen molar-refractivity contribution in [3.63, 3.8) is 0 Å². The van der Waals surface area contributed by atoms with Crippen molar-refractivity contribution >= 4 is 17.5 Å². The summed E-state index contributed by atoms with van der Waals surface area (Å²) in [6, 6.07) is 5.00. The van der Waals surface area contributed by atoms with E-state index in [9.17, 15) is 9.59 Å². The van der Waals surface area contributed by atoms with Gasteiger partial charge in [0.15, 0.2) is 0 Å². The Bertz CT molecular complexity index is 464. The molecule has 2 amide bonds. The van der Waals surface area contributed by atoms with Crippen molar-refractivity contribution in [1.82, 2.24) is 0 Å². The average molecular weight is 204 g/mol. The SMILES string of the molecule is CC1(C)C(=O)Nc2ccc(C(N)=O)cc21. The first-order valence-corrected chi connectivity index (χ1v) is 4.68. The van der Waals surface area contributed by atoms with Crippen LogP contribution in [0.2, 0.25) is 0 Å². The minimum atomic E-state index is -0.596. The van der Waals surface area contributed by atoms with Gasteiger partial charge in [0.05, 0.1) is 5.41 Å². The van der Waals surface area contributed by atoms with E-state index < -0.39 is 11.3 Å². The maximum absolute atomic E-state index is 11.6. The zero-order chi connectivity index (χ0) is 11.2. The van der Waals surface area contributed by atoms with Crippen LogP contribution >= 0.6 is 0 Å². The molecule has 4 heteroatoms. The van der Waals surface area contributed by atoms with Gasteiger partial charge in [0.1, 0.15) is 0 Å². The molecule has 1 aliphatic rings. The van der Waals surface area contributed by atoms with Gasteiger partial charge in [-0.05, 0) is 37.6 Å². The van der Waals surface area contributed by atoms with E-state index in [4.69, 9.17) is 5.73 Å². The minimum Gasteiger partial charge on any atom is -0.366 e. The quantitative estimate of drug-likeness (QED) is 0.716. The molecule has 0 saturated heterocycles. The smallest absolute Gasteiger partial charge is 0.248 e. The Balaban J connectivity index is 2.59. The predicted octanol–water partition coefficient (Wildman–Crippen LogP) is 1.02. The van der Waals surface area contributed by atoms with Crippen molar-refractivity contribution in [1.29, 1.82) is 0 Å². The number of fused-ring (bicyclic) bond motifs is 1. The number of amides is 2. The third kappa shape index (κ3) is 1.29. The van der Waals surface area contributed by atoms with Crippen molar-refractivity contribution < 1.29 is 9.59 Å². The number of hydrogen-bond donors (Lipinski definition) is 2. The third-order valence-corrected chi connectivity index (χ3v) is 2.79. The molecule has 0 spiro atoms. The maximum atomic E-state index is 11.6. The topological polar surface area (TPSA) is 72.2 Å². The van der Waals surface area contributed by atoms with Crippen molar-refractivity contribution in [2.75, 3.05) is 5.32 Å². The summed E-state index contributed by atoms with van der Waals surface area (Å²) in [5.41, 5.74) is 6.60. The summed E-state index contributed by atoms with van der Waals surface area (Å²) < 4.78 is 0. The van der Waals surface area contributed by atoms with Crippen LogP contribution in [0.3, 0.4) is 0 Å². The van der Waals surface area contributed by atoms with Crippen molar-refractivity contribution in [3.8, 4) is 0 Å².